The number of carbonyl (C=O) groups excluding carboxylic acids is 2. The Morgan fingerprint density at radius 2 is 2.00 bits per heavy atom. The van der Waals surface area contributed by atoms with Gasteiger partial charge in [-0.05, 0) is 27.2 Å². The number of amidine groups is 1. The average molecular weight is 425 g/mol. The predicted molar refractivity (Wildman–Crippen MR) is 109 cm³/mol. The lowest BCUT2D eigenvalue weighted by atomic mass is 9.79. The molecule has 6 atom stereocenters. The van der Waals surface area contributed by atoms with Crippen LogP contribution in [0.2, 0.25) is 0 Å². The summed E-state index contributed by atoms with van der Waals surface area (Å²) in [7, 11) is 0. The molecule has 1 unspecified atom stereocenters. The number of amides is 2. The van der Waals surface area contributed by atoms with Crippen molar-refractivity contribution in [1.29, 1.82) is 0 Å². The molecule has 0 saturated carbocycles. The number of fused-ring (bicyclic) bond motifs is 1. The van der Waals surface area contributed by atoms with E-state index in [1.807, 2.05) is 20.8 Å². The summed E-state index contributed by atoms with van der Waals surface area (Å²) in [5.41, 5.74) is 6.05. The van der Waals surface area contributed by atoms with Crippen molar-refractivity contribution in [3.63, 3.8) is 0 Å². The second-order valence-corrected chi connectivity index (χ2v) is 8.94. The molecule has 0 bridgehead atoms. The molecule has 0 aliphatic carbocycles. The maximum absolute atomic E-state index is 12.6. The van der Waals surface area contributed by atoms with E-state index in [1.165, 1.54) is 16.7 Å². The lowest BCUT2D eigenvalue weighted by Gasteiger charge is -2.46. The van der Waals surface area contributed by atoms with E-state index in [0.717, 1.165) is 0 Å². The van der Waals surface area contributed by atoms with Crippen LogP contribution in [-0.2, 0) is 14.4 Å². The number of aliphatic hydroxyl groups is 1. The third-order valence-corrected chi connectivity index (χ3v) is 7.55. The van der Waals surface area contributed by atoms with Gasteiger partial charge in [0.05, 0.1) is 23.3 Å². The van der Waals surface area contributed by atoms with Crippen LogP contribution in [0.4, 0.5) is 0 Å². The third-order valence-electron chi connectivity index (χ3n) is 6.01. The van der Waals surface area contributed by atoms with Gasteiger partial charge in [0.15, 0.2) is 0 Å². The van der Waals surface area contributed by atoms with Gasteiger partial charge in [0.25, 0.3) is 0 Å². The maximum Gasteiger partial charge on any atom is 0.353 e. The number of aliphatic carboxylic acids is 1. The summed E-state index contributed by atoms with van der Waals surface area (Å²) in [5, 5.41) is 19.3. The largest absolute Gasteiger partial charge is 0.477 e. The first-order chi connectivity index (χ1) is 13.6. The van der Waals surface area contributed by atoms with Gasteiger partial charge in [-0.1, -0.05) is 6.92 Å². The number of nitrogens with zero attached hydrogens (tertiary/aromatic N) is 3. The first-order valence-corrected chi connectivity index (χ1v) is 10.8. The summed E-state index contributed by atoms with van der Waals surface area (Å²) in [6.45, 7) is 8.38. The van der Waals surface area contributed by atoms with Crippen molar-refractivity contribution in [2.75, 3.05) is 13.1 Å². The van der Waals surface area contributed by atoms with Gasteiger partial charge in [0.1, 0.15) is 17.6 Å². The summed E-state index contributed by atoms with van der Waals surface area (Å²) in [4.78, 5) is 44.8. The zero-order valence-electron chi connectivity index (χ0n) is 17.0. The highest BCUT2D eigenvalue weighted by atomic mass is 32.2. The van der Waals surface area contributed by atoms with Gasteiger partial charge in [-0.3, -0.25) is 14.6 Å². The molecule has 0 aromatic carbocycles. The van der Waals surface area contributed by atoms with Crippen LogP contribution >= 0.6 is 11.8 Å². The Hall–Kier alpha value is -2.07. The maximum atomic E-state index is 12.6. The molecule has 1 saturated heterocycles. The molecule has 3 rings (SSSR count). The summed E-state index contributed by atoms with van der Waals surface area (Å²) in [6.07, 6.45) is -0.451. The van der Waals surface area contributed by atoms with Crippen LogP contribution in [0.3, 0.4) is 0 Å². The number of carboxylic acids is 1. The van der Waals surface area contributed by atoms with Gasteiger partial charge in [0.2, 0.25) is 11.8 Å². The lowest BCUT2D eigenvalue weighted by Crippen LogP contribution is -2.63. The first-order valence-electron chi connectivity index (χ1n) is 9.91. The van der Waals surface area contributed by atoms with Crippen LogP contribution in [0.25, 0.3) is 0 Å². The minimum absolute atomic E-state index is 0.0410. The van der Waals surface area contributed by atoms with Crippen molar-refractivity contribution in [3.8, 4) is 0 Å². The number of hydrogen-bond donors (Lipinski definition) is 3. The number of hydrogen-bond acceptors (Lipinski definition) is 7. The van der Waals surface area contributed by atoms with Gasteiger partial charge < -0.3 is 25.7 Å². The molecular formula is C19H28N4O5S. The summed E-state index contributed by atoms with van der Waals surface area (Å²) in [5.74, 6) is -2.16. The van der Waals surface area contributed by atoms with Crippen molar-refractivity contribution in [1.82, 2.24) is 9.80 Å². The third kappa shape index (κ3) is 3.42. The Morgan fingerprint density at radius 1 is 1.38 bits per heavy atom. The quantitative estimate of drug-likeness (QED) is 0.498. The Kier molecular flexibility index (Phi) is 5.96. The van der Waals surface area contributed by atoms with Gasteiger partial charge in [-0.25, -0.2) is 4.79 Å². The number of nitrogens with two attached hydrogens (primary N) is 1. The Labute approximate surface area is 174 Å². The molecule has 3 aliphatic heterocycles. The van der Waals surface area contributed by atoms with Crippen LogP contribution in [0.5, 0.6) is 0 Å². The van der Waals surface area contributed by atoms with Crippen LogP contribution in [0.15, 0.2) is 15.6 Å². The molecule has 4 N–H and O–H groups in total. The standard InChI is InChI=1S/C19H28N4O5S/c1-5-22(6-2)17(25)10-7-11(16(20)21-10)29-15-8(3)13-12(9(4)24)18(26)23(13)14(15)19(27)28/h8-13,24H,5-7H2,1-4H3,(H2,20,21)(H,27,28)/t8-,9-,10+,11?,12-,13-/m1/s1. The molecule has 160 valence electrons. The fourth-order valence-corrected chi connectivity index (χ4v) is 5.90. The highest BCUT2D eigenvalue weighted by Gasteiger charge is 2.60. The minimum Gasteiger partial charge on any atom is -0.477 e. The second-order valence-electron chi connectivity index (χ2n) is 7.69. The number of carbonyl (C=O) groups is 3. The Balaban J connectivity index is 1.81. The van der Waals surface area contributed by atoms with E-state index in [4.69, 9.17) is 5.73 Å². The first kappa shape index (κ1) is 21.6. The van der Waals surface area contributed by atoms with E-state index in [0.29, 0.717) is 30.3 Å². The molecule has 0 radical (unpaired) electrons. The van der Waals surface area contributed by atoms with E-state index >= 15 is 0 Å². The average Bonchev–Trinajstić information content (AvgIpc) is 3.13. The number of likely N-dealkylation sites (N-methyl/N-ethyl adjacent to an activating group) is 1. The molecule has 10 heteroatoms. The molecule has 9 nitrogen and oxygen atoms in total. The molecule has 0 spiro atoms. The molecule has 2 amide bonds. The molecule has 0 aromatic rings. The number of carboxylic acid groups (broad SMARTS) is 1. The van der Waals surface area contributed by atoms with Crippen LogP contribution < -0.4 is 5.73 Å². The number of aliphatic hydroxyl groups excluding tert-OH is 1. The number of β-lactam (4-membered cyclic amide) rings is 1. The molecule has 3 heterocycles. The predicted octanol–water partition coefficient (Wildman–Crippen LogP) is 0.240. The van der Waals surface area contributed by atoms with E-state index in [2.05, 4.69) is 4.99 Å². The fourth-order valence-electron chi connectivity index (χ4n) is 4.48. The Bertz CT molecular complexity index is 791. The van der Waals surface area contributed by atoms with Crippen molar-refractivity contribution in [2.24, 2.45) is 22.6 Å². The zero-order valence-corrected chi connectivity index (χ0v) is 17.8. The topological polar surface area (TPSA) is 137 Å². The second kappa shape index (κ2) is 7.98. The number of thioether (sulfide) groups is 1. The molecule has 29 heavy (non-hydrogen) atoms. The van der Waals surface area contributed by atoms with Crippen LogP contribution in [0.1, 0.15) is 34.1 Å². The fraction of sp³-hybridized carbons (Fsp3) is 0.684. The minimum atomic E-state index is -1.18. The molecule has 1 fully saturated rings. The van der Waals surface area contributed by atoms with Gasteiger partial charge >= 0.3 is 5.97 Å². The molecular weight excluding hydrogens is 396 g/mol. The lowest BCUT2D eigenvalue weighted by molar-refractivity contribution is -0.163. The number of rotatable bonds is 7. The van der Waals surface area contributed by atoms with E-state index in [1.54, 1.807) is 11.8 Å². The van der Waals surface area contributed by atoms with Gasteiger partial charge in [-0.15, -0.1) is 11.8 Å². The van der Waals surface area contributed by atoms with Crippen molar-refractivity contribution in [2.45, 2.75) is 57.6 Å². The van der Waals surface area contributed by atoms with Crippen molar-refractivity contribution >= 4 is 35.4 Å². The highest BCUT2D eigenvalue weighted by molar-refractivity contribution is 8.04. The highest BCUT2D eigenvalue weighted by Crippen LogP contribution is 2.52. The van der Waals surface area contributed by atoms with E-state index in [9.17, 15) is 24.6 Å². The van der Waals surface area contributed by atoms with E-state index < -0.39 is 24.0 Å². The smallest absolute Gasteiger partial charge is 0.353 e. The zero-order chi connectivity index (χ0) is 21.6. The normalized spacial score (nSPS) is 32.0. The summed E-state index contributed by atoms with van der Waals surface area (Å²) < 4.78 is 0. The van der Waals surface area contributed by atoms with Crippen LogP contribution in [0, 0.1) is 11.8 Å². The van der Waals surface area contributed by atoms with Crippen molar-refractivity contribution < 1.29 is 24.6 Å². The SMILES string of the molecule is CCN(CC)C(=O)[C@@H]1CC(SC2=C(C(=O)O)N3C(=O)[C@H]([C@@H](C)O)[C@H]3[C@H]2C)C(N)=N1. The molecule has 3 aliphatic rings. The van der Waals surface area contributed by atoms with Crippen LogP contribution in [-0.4, -0.2) is 80.2 Å². The van der Waals surface area contributed by atoms with Crippen molar-refractivity contribution in [3.05, 3.63) is 10.6 Å². The summed E-state index contributed by atoms with van der Waals surface area (Å²) >= 11 is 1.28. The van der Waals surface area contributed by atoms with E-state index in [-0.39, 0.29) is 34.7 Å². The van der Waals surface area contributed by atoms with Gasteiger partial charge in [0, 0.05) is 23.9 Å². The summed E-state index contributed by atoms with van der Waals surface area (Å²) in [6, 6.07) is -0.939. The number of aliphatic imine (C=N–C) groups is 1. The molecule has 0 aromatic heterocycles. The van der Waals surface area contributed by atoms with Gasteiger partial charge in [-0.2, -0.15) is 0 Å². The Morgan fingerprint density at radius 3 is 2.52 bits per heavy atom. The monoisotopic (exact) mass is 424 g/mol.